The molecule has 138 valence electrons. The monoisotopic (exact) mass is 381 g/mol. The Morgan fingerprint density at radius 1 is 1.04 bits per heavy atom. The van der Waals surface area contributed by atoms with Crippen molar-refractivity contribution in [3.63, 3.8) is 0 Å². The van der Waals surface area contributed by atoms with E-state index < -0.39 is 29.6 Å². The van der Waals surface area contributed by atoms with Gasteiger partial charge < -0.3 is 10.1 Å². The van der Waals surface area contributed by atoms with Crippen molar-refractivity contribution in [2.45, 2.75) is 32.8 Å². The molecule has 0 heterocycles. The van der Waals surface area contributed by atoms with Gasteiger partial charge in [-0.3, -0.25) is 4.79 Å². The van der Waals surface area contributed by atoms with Gasteiger partial charge in [0.2, 0.25) is 0 Å². The molecule has 0 fully saturated rings. The number of anilines is 1. The zero-order valence-corrected chi connectivity index (χ0v) is 15.2. The average molecular weight is 382 g/mol. The molecule has 2 aromatic rings. The number of esters is 1. The molecule has 0 spiro atoms. The van der Waals surface area contributed by atoms with Gasteiger partial charge in [-0.05, 0) is 42.7 Å². The molecule has 0 saturated heterocycles. The van der Waals surface area contributed by atoms with Crippen LogP contribution in [0.1, 0.15) is 42.6 Å². The third kappa shape index (κ3) is 4.79. The molecule has 1 atom stereocenters. The Morgan fingerprint density at radius 2 is 1.62 bits per heavy atom. The number of carbonyl (C=O) groups excluding carboxylic acids is 2. The predicted octanol–water partition coefficient (Wildman–Crippen LogP) is 4.93. The van der Waals surface area contributed by atoms with E-state index in [4.69, 9.17) is 16.3 Å². The minimum absolute atomic E-state index is 0.300. The Bertz CT molecular complexity index is 822. The van der Waals surface area contributed by atoms with E-state index in [0.717, 1.165) is 5.56 Å². The molecule has 0 aliphatic rings. The van der Waals surface area contributed by atoms with Crippen molar-refractivity contribution in [1.29, 1.82) is 0 Å². The van der Waals surface area contributed by atoms with Gasteiger partial charge in [-0.15, -0.1) is 0 Å². The van der Waals surface area contributed by atoms with E-state index in [0.29, 0.717) is 23.7 Å². The third-order valence-corrected chi connectivity index (χ3v) is 4.04. The Kier molecular flexibility index (Phi) is 6.32. The van der Waals surface area contributed by atoms with Crippen LogP contribution in [0.3, 0.4) is 0 Å². The van der Waals surface area contributed by atoms with Crippen molar-refractivity contribution in [2.24, 2.45) is 0 Å². The lowest BCUT2D eigenvalue weighted by atomic mass is 10.0. The summed E-state index contributed by atoms with van der Waals surface area (Å²) in [6.07, 6.45) is -1.16. The van der Waals surface area contributed by atoms with E-state index in [1.54, 1.807) is 12.1 Å². The fraction of sp³-hybridized carbons (Fsp3) is 0.263. The molecule has 1 N–H and O–H groups in total. The highest BCUT2D eigenvalue weighted by Crippen LogP contribution is 2.22. The van der Waals surface area contributed by atoms with Crippen LogP contribution in [0.25, 0.3) is 0 Å². The minimum Gasteiger partial charge on any atom is -0.449 e. The van der Waals surface area contributed by atoms with Crippen LogP contribution in [0.4, 0.5) is 14.5 Å². The molecular weight excluding hydrogens is 364 g/mol. The molecule has 0 aliphatic heterocycles. The van der Waals surface area contributed by atoms with Crippen LogP contribution < -0.4 is 5.32 Å². The fourth-order valence-electron chi connectivity index (χ4n) is 2.15. The Hall–Kier alpha value is -2.47. The lowest BCUT2D eigenvalue weighted by molar-refractivity contribution is -0.123. The number of hydrogen-bond acceptors (Lipinski definition) is 3. The van der Waals surface area contributed by atoms with Gasteiger partial charge in [-0.2, -0.15) is 0 Å². The summed E-state index contributed by atoms with van der Waals surface area (Å²) in [5.74, 6) is -3.63. The Labute approximate surface area is 155 Å². The number of nitrogens with one attached hydrogen (secondary N) is 1. The van der Waals surface area contributed by atoms with E-state index in [1.807, 2.05) is 12.1 Å². The van der Waals surface area contributed by atoms with E-state index in [2.05, 4.69) is 19.2 Å². The summed E-state index contributed by atoms with van der Waals surface area (Å²) in [7, 11) is 0. The van der Waals surface area contributed by atoms with Gasteiger partial charge >= 0.3 is 5.97 Å². The van der Waals surface area contributed by atoms with Crippen molar-refractivity contribution in [1.82, 2.24) is 0 Å². The van der Waals surface area contributed by atoms with Gasteiger partial charge in [0, 0.05) is 5.69 Å². The second kappa shape index (κ2) is 8.27. The Morgan fingerprint density at radius 3 is 2.19 bits per heavy atom. The van der Waals surface area contributed by atoms with E-state index in [1.165, 1.54) is 6.92 Å². The first-order valence-corrected chi connectivity index (χ1v) is 8.33. The summed E-state index contributed by atoms with van der Waals surface area (Å²) >= 11 is 5.72. The first-order chi connectivity index (χ1) is 12.2. The maximum absolute atomic E-state index is 13.3. The van der Waals surface area contributed by atoms with Gasteiger partial charge in [0.05, 0.1) is 10.6 Å². The van der Waals surface area contributed by atoms with E-state index in [-0.39, 0.29) is 10.6 Å². The maximum atomic E-state index is 13.3. The highest BCUT2D eigenvalue weighted by atomic mass is 35.5. The zero-order chi connectivity index (χ0) is 19.4. The smallest absolute Gasteiger partial charge is 0.340 e. The summed E-state index contributed by atoms with van der Waals surface area (Å²) in [4.78, 5) is 24.2. The molecule has 26 heavy (non-hydrogen) atoms. The second-order valence-electron chi connectivity index (χ2n) is 6.06. The lowest BCUT2D eigenvalue weighted by Gasteiger charge is -2.15. The molecule has 7 heteroatoms. The predicted molar refractivity (Wildman–Crippen MR) is 95.4 cm³/mol. The van der Waals surface area contributed by atoms with Gasteiger partial charge in [0.25, 0.3) is 5.91 Å². The van der Waals surface area contributed by atoms with Crippen LogP contribution in [-0.2, 0) is 9.53 Å². The van der Waals surface area contributed by atoms with Crippen LogP contribution in [0.5, 0.6) is 0 Å². The van der Waals surface area contributed by atoms with Crippen molar-refractivity contribution >= 4 is 29.2 Å². The number of amides is 1. The van der Waals surface area contributed by atoms with Gasteiger partial charge in [-0.1, -0.05) is 37.6 Å². The Balaban J connectivity index is 2.02. The molecule has 1 amide bonds. The molecule has 2 rings (SSSR count). The van der Waals surface area contributed by atoms with Crippen molar-refractivity contribution < 1.29 is 23.1 Å². The topological polar surface area (TPSA) is 55.4 Å². The molecule has 0 radical (unpaired) electrons. The quantitative estimate of drug-likeness (QED) is 0.590. The van der Waals surface area contributed by atoms with Crippen molar-refractivity contribution in [3.8, 4) is 0 Å². The summed E-state index contributed by atoms with van der Waals surface area (Å²) in [5, 5.41) is 2.32. The van der Waals surface area contributed by atoms with Gasteiger partial charge in [0.15, 0.2) is 17.7 Å². The molecule has 0 aromatic heterocycles. The maximum Gasteiger partial charge on any atom is 0.340 e. The largest absolute Gasteiger partial charge is 0.449 e. The standard InChI is InChI=1S/C19H18ClF2NO3/c1-10(2)12-4-6-13(7-5-12)23-18(24)11(3)26-19(25)14-8-16(21)17(22)9-15(14)20/h4-11H,1-3H3,(H,23,24)/t11-/m0/s1. The van der Waals surface area contributed by atoms with Crippen molar-refractivity contribution in [3.05, 3.63) is 64.2 Å². The number of benzene rings is 2. The summed E-state index contributed by atoms with van der Waals surface area (Å²) < 4.78 is 31.3. The number of carbonyl (C=O) groups is 2. The highest BCUT2D eigenvalue weighted by Gasteiger charge is 2.22. The summed E-state index contributed by atoms with van der Waals surface area (Å²) in [6, 6.07) is 8.57. The lowest BCUT2D eigenvalue weighted by Crippen LogP contribution is -2.30. The molecule has 2 aromatic carbocycles. The van der Waals surface area contributed by atoms with Crippen LogP contribution in [0.2, 0.25) is 5.02 Å². The summed E-state index contributed by atoms with van der Waals surface area (Å²) in [5.41, 5.74) is 1.31. The fourth-order valence-corrected chi connectivity index (χ4v) is 2.38. The number of hydrogen-bond donors (Lipinski definition) is 1. The van der Waals surface area contributed by atoms with Crippen LogP contribution in [0.15, 0.2) is 36.4 Å². The number of halogens is 3. The van der Waals surface area contributed by atoms with Crippen LogP contribution >= 0.6 is 11.6 Å². The molecular formula is C19H18ClF2NO3. The zero-order valence-electron chi connectivity index (χ0n) is 14.5. The third-order valence-electron chi connectivity index (χ3n) is 3.73. The van der Waals surface area contributed by atoms with E-state index >= 15 is 0 Å². The number of rotatable bonds is 5. The van der Waals surface area contributed by atoms with Crippen molar-refractivity contribution in [2.75, 3.05) is 5.32 Å². The van der Waals surface area contributed by atoms with Crippen LogP contribution in [0, 0.1) is 11.6 Å². The minimum atomic E-state index is -1.23. The molecule has 4 nitrogen and oxygen atoms in total. The first-order valence-electron chi connectivity index (χ1n) is 7.95. The molecule has 0 unspecified atom stereocenters. The molecule has 0 aliphatic carbocycles. The van der Waals surface area contributed by atoms with E-state index in [9.17, 15) is 18.4 Å². The van der Waals surface area contributed by atoms with Crippen LogP contribution in [-0.4, -0.2) is 18.0 Å². The normalized spacial score (nSPS) is 12.0. The molecule has 0 bridgehead atoms. The summed E-state index contributed by atoms with van der Waals surface area (Å²) in [6.45, 7) is 5.47. The van der Waals surface area contributed by atoms with Gasteiger partial charge in [-0.25, -0.2) is 13.6 Å². The first kappa shape index (κ1) is 19.8. The average Bonchev–Trinajstić information content (AvgIpc) is 2.58. The second-order valence-corrected chi connectivity index (χ2v) is 6.47. The highest BCUT2D eigenvalue weighted by molar-refractivity contribution is 6.33. The molecule has 0 saturated carbocycles. The van der Waals surface area contributed by atoms with Gasteiger partial charge in [0.1, 0.15) is 0 Å². The number of ether oxygens (including phenoxy) is 1. The SMILES string of the molecule is CC(C)c1ccc(NC(=O)[C@H](C)OC(=O)c2cc(F)c(F)cc2Cl)cc1.